The van der Waals surface area contributed by atoms with Crippen LogP contribution in [-0.2, 0) is 19.3 Å². The highest BCUT2D eigenvalue weighted by Crippen LogP contribution is 2.40. The smallest absolute Gasteiger partial charge is 0.226 e. The number of nitrogens with two attached hydrogens (primary N) is 1. The lowest BCUT2D eigenvalue weighted by Crippen LogP contribution is -2.30. The molecule has 5 nitrogen and oxygen atoms in total. The lowest BCUT2D eigenvalue weighted by Gasteiger charge is -2.16. The predicted octanol–water partition coefficient (Wildman–Crippen LogP) is 5.73. The molecule has 0 saturated heterocycles. The second-order valence-corrected chi connectivity index (χ2v) is 9.98. The summed E-state index contributed by atoms with van der Waals surface area (Å²) in [6, 6.07) is 18.6. The van der Waals surface area contributed by atoms with Crippen molar-refractivity contribution in [2.45, 2.75) is 38.1 Å². The topological polar surface area (TPSA) is 73.9 Å². The molecule has 0 bridgehead atoms. The summed E-state index contributed by atoms with van der Waals surface area (Å²) in [5.74, 6) is 1.33. The minimum absolute atomic E-state index is 0.144. The Balaban J connectivity index is 1.31. The van der Waals surface area contributed by atoms with E-state index in [2.05, 4.69) is 47.4 Å². The number of aromatic nitrogens is 3. The third-order valence-corrected chi connectivity index (χ3v) is 7.70. The Labute approximate surface area is 202 Å². The summed E-state index contributed by atoms with van der Waals surface area (Å²) in [6.45, 7) is 0.399. The second kappa shape index (κ2) is 9.12. The van der Waals surface area contributed by atoms with Crippen LogP contribution in [0.25, 0.3) is 32.4 Å². The van der Waals surface area contributed by atoms with Crippen molar-refractivity contribution in [2.24, 2.45) is 5.73 Å². The van der Waals surface area contributed by atoms with E-state index in [0.717, 1.165) is 35.0 Å². The van der Waals surface area contributed by atoms with Crippen LogP contribution >= 0.6 is 11.3 Å². The summed E-state index contributed by atoms with van der Waals surface area (Å²) in [4.78, 5) is 16.3. The molecule has 6 heteroatoms. The molecule has 0 saturated carbocycles. The highest BCUT2D eigenvalue weighted by Gasteiger charge is 2.23. The molecule has 1 atom stereocenters. The lowest BCUT2D eigenvalue weighted by molar-refractivity contribution is 0.281. The van der Waals surface area contributed by atoms with Crippen molar-refractivity contribution in [1.29, 1.82) is 0 Å². The molecule has 2 aromatic carbocycles. The molecule has 1 aliphatic rings. The molecule has 34 heavy (non-hydrogen) atoms. The summed E-state index contributed by atoms with van der Waals surface area (Å²) >= 11 is 1.78. The summed E-state index contributed by atoms with van der Waals surface area (Å²) in [7, 11) is 0. The number of rotatable bonds is 6. The van der Waals surface area contributed by atoms with Crippen molar-refractivity contribution < 1.29 is 4.74 Å². The van der Waals surface area contributed by atoms with Gasteiger partial charge < -0.3 is 10.5 Å². The fraction of sp³-hybridized carbons (Fsp3) is 0.250. The summed E-state index contributed by atoms with van der Waals surface area (Å²) in [5, 5.41) is 3.56. The van der Waals surface area contributed by atoms with E-state index < -0.39 is 0 Å². The van der Waals surface area contributed by atoms with Crippen LogP contribution in [0.4, 0.5) is 0 Å². The normalized spacial score (nSPS) is 14.3. The zero-order valence-corrected chi connectivity index (χ0v) is 19.7. The van der Waals surface area contributed by atoms with E-state index >= 15 is 0 Å². The van der Waals surface area contributed by atoms with Gasteiger partial charge in [0, 0.05) is 28.9 Å². The van der Waals surface area contributed by atoms with Crippen molar-refractivity contribution in [2.75, 3.05) is 6.61 Å². The first-order chi connectivity index (χ1) is 16.8. The number of aryl methyl sites for hydroxylation is 2. The number of fused-ring (bicyclic) bond motifs is 4. The highest BCUT2D eigenvalue weighted by atomic mass is 32.1. The van der Waals surface area contributed by atoms with E-state index in [0.29, 0.717) is 18.3 Å². The monoisotopic (exact) mass is 466 g/mol. The van der Waals surface area contributed by atoms with Crippen LogP contribution in [0.3, 0.4) is 0 Å². The highest BCUT2D eigenvalue weighted by molar-refractivity contribution is 7.18. The van der Waals surface area contributed by atoms with Crippen LogP contribution < -0.4 is 10.5 Å². The van der Waals surface area contributed by atoms with Gasteiger partial charge in [0.25, 0.3) is 0 Å². The zero-order valence-electron chi connectivity index (χ0n) is 18.9. The van der Waals surface area contributed by atoms with Crippen LogP contribution in [0.15, 0.2) is 67.0 Å². The molecular weight excluding hydrogens is 440 g/mol. The van der Waals surface area contributed by atoms with Gasteiger partial charge in [-0.15, -0.1) is 11.3 Å². The van der Waals surface area contributed by atoms with E-state index in [9.17, 15) is 0 Å². The zero-order chi connectivity index (χ0) is 22.9. The van der Waals surface area contributed by atoms with Gasteiger partial charge in [0.15, 0.2) is 5.82 Å². The third kappa shape index (κ3) is 4.04. The quantitative estimate of drug-likeness (QED) is 0.346. The number of nitrogens with zero attached hydrogens (tertiary/aromatic N) is 3. The summed E-state index contributed by atoms with van der Waals surface area (Å²) in [5.41, 5.74) is 10.1. The first kappa shape index (κ1) is 21.2. The van der Waals surface area contributed by atoms with Crippen LogP contribution in [0.5, 0.6) is 5.88 Å². The maximum atomic E-state index is 6.58. The molecule has 3 heterocycles. The first-order valence-electron chi connectivity index (χ1n) is 11.8. The molecule has 1 aliphatic carbocycles. The standard InChI is InChI=1S/C28H26N4OS/c29-21(16-20-8-5-7-18-6-1-2-9-22(18)20)17-33-27-25-23-10-3-4-11-24(23)34-28(25)32-26(31-27)19-12-14-30-15-13-19/h1-2,5-9,12-15,21H,3-4,10-11,16-17,29H2/t21-/m0/s1. The van der Waals surface area contributed by atoms with E-state index in [1.807, 2.05) is 12.1 Å². The van der Waals surface area contributed by atoms with Crippen molar-refractivity contribution in [3.63, 3.8) is 0 Å². The van der Waals surface area contributed by atoms with E-state index in [4.69, 9.17) is 20.4 Å². The third-order valence-electron chi connectivity index (χ3n) is 6.52. The van der Waals surface area contributed by atoms with Crippen LogP contribution in [0.2, 0.25) is 0 Å². The molecule has 0 radical (unpaired) electrons. The average Bonchev–Trinajstić information content (AvgIpc) is 3.27. The molecule has 0 unspecified atom stereocenters. The molecule has 0 amide bonds. The largest absolute Gasteiger partial charge is 0.475 e. The molecular formula is C28H26N4OS. The van der Waals surface area contributed by atoms with Gasteiger partial charge >= 0.3 is 0 Å². The molecule has 0 spiro atoms. The number of thiophene rings is 1. The maximum Gasteiger partial charge on any atom is 0.226 e. The molecule has 6 rings (SSSR count). The van der Waals surface area contributed by atoms with Gasteiger partial charge in [0.05, 0.1) is 5.39 Å². The average molecular weight is 467 g/mol. The molecule has 170 valence electrons. The Morgan fingerprint density at radius 2 is 1.76 bits per heavy atom. The Morgan fingerprint density at radius 3 is 2.68 bits per heavy atom. The molecule has 0 fully saturated rings. The van der Waals surface area contributed by atoms with E-state index in [-0.39, 0.29) is 6.04 Å². The Hall–Kier alpha value is -3.35. The Kier molecular flexibility index (Phi) is 5.69. The summed E-state index contributed by atoms with van der Waals surface area (Å²) in [6.07, 6.45) is 8.88. The Morgan fingerprint density at radius 1 is 0.941 bits per heavy atom. The number of pyridine rings is 1. The van der Waals surface area contributed by atoms with Gasteiger partial charge in [0.1, 0.15) is 11.4 Å². The predicted molar refractivity (Wildman–Crippen MR) is 138 cm³/mol. The molecule has 2 N–H and O–H groups in total. The van der Waals surface area contributed by atoms with Gasteiger partial charge in [-0.25, -0.2) is 4.98 Å². The van der Waals surface area contributed by atoms with Gasteiger partial charge in [-0.05, 0) is 66.1 Å². The number of hydrogen-bond acceptors (Lipinski definition) is 6. The van der Waals surface area contributed by atoms with Gasteiger partial charge in [-0.3, -0.25) is 4.98 Å². The summed E-state index contributed by atoms with van der Waals surface area (Å²) < 4.78 is 6.37. The minimum atomic E-state index is -0.144. The van der Waals surface area contributed by atoms with Crippen LogP contribution in [-0.4, -0.2) is 27.6 Å². The molecule has 0 aliphatic heterocycles. The second-order valence-electron chi connectivity index (χ2n) is 8.89. The number of hydrogen-bond donors (Lipinski definition) is 1. The van der Waals surface area contributed by atoms with Crippen molar-refractivity contribution in [3.8, 4) is 17.3 Å². The molecule has 3 aromatic heterocycles. The van der Waals surface area contributed by atoms with E-state index in [1.165, 1.54) is 39.6 Å². The van der Waals surface area contributed by atoms with Crippen LogP contribution in [0.1, 0.15) is 28.8 Å². The first-order valence-corrected chi connectivity index (χ1v) is 12.7. The van der Waals surface area contributed by atoms with Crippen molar-refractivity contribution >= 4 is 32.3 Å². The van der Waals surface area contributed by atoms with E-state index in [1.54, 1.807) is 23.7 Å². The fourth-order valence-electron chi connectivity index (χ4n) is 4.86. The number of benzene rings is 2. The maximum absolute atomic E-state index is 6.58. The minimum Gasteiger partial charge on any atom is -0.475 e. The SMILES string of the molecule is N[C@H](COc1nc(-c2ccncc2)nc2sc3c(c12)CCCC3)Cc1cccc2ccccc12. The molecule has 5 aromatic rings. The fourth-order valence-corrected chi connectivity index (χ4v) is 6.11. The van der Waals surface area contributed by atoms with Crippen LogP contribution in [0, 0.1) is 0 Å². The van der Waals surface area contributed by atoms with Gasteiger partial charge in [0.2, 0.25) is 5.88 Å². The van der Waals surface area contributed by atoms with Gasteiger partial charge in [-0.1, -0.05) is 42.5 Å². The van der Waals surface area contributed by atoms with Crippen molar-refractivity contribution in [3.05, 3.63) is 83.0 Å². The van der Waals surface area contributed by atoms with Crippen molar-refractivity contribution in [1.82, 2.24) is 15.0 Å². The lowest BCUT2D eigenvalue weighted by atomic mass is 9.97. The Bertz CT molecular complexity index is 1460. The van der Waals surface area contributed by atoms with Gasteiger partial charge in [-0.2, -0.15) is 4.98 Å². The number of ether oxygens (including phenoxy) is 1.